The average molecular weight is 570 g/mol. The third-order valence-electron chi connectivity index (χ3n) is 8.87. The second kappa shape index (κ2) is 14.2. The zero-order chi connectivity index (χ0) is 27.8. The number of anilines is 1. The summed E-state index contributed by atoms with van der Waals surface area (Å²) in [7, 11) is 3.50. The van der Waals surface area contributed by atoms with Crippen molar-refractivity contribution in [1.29, 1.82) is 0 Å². The summed E-state index contributed by atoms with van der Waals surface area (Å²) in [5, 5.41) is 7.86. The third kappa shape index (κ3) is 7.79. The van der Waals surface area contributed by atoms with Crippen molar-refractivity contribution >= 4 is 23.6 Å². The van der Waals surface area contributed by atoms with Gasteiger partial charge >= 0.3 is 0 Å². The fourth-order valence-electron chi connectivity index (χ4n) is 6.19. The SMILES string of the molecule is COCCN=CC1CCC(C2NC2CCc2cc(-c3cccc(NCC4(OC)CCOCC4)n3)c(Cl)cn2)CC1. The van der Waals surface area contributed by atoms with Crippen LogP contribution in [0.25, 0.3) is 11.3 Å². The summed E-state index contributed by atoms with van der Waals surface area (Å²) in [6, 6.07) is 9.35. The second-order valence-electron chi connectivity index (χ2n) is 11.5. The Balaban J connectivity index is 1.12. The molecule has 2 aromatic rings. The van der Waals surface area contributed by atoms with E-state index in [-0.39, 0.29) is 5.60 Å². The summed E-state index contributed by atoms with van der Waals surface area (Å²) >= 11 is 6.60. The van der Waals surface area contributed by atoms with Crippen molar-refractivity contribution in [3.05, 3.63) is 41.2 Å². The highest BCUT2D eigenvalue weighted by Crippen LogP contribution is 2.37. The van der Waals surface area contributed by atoms with Crippen LogP contribution < -0.4 is 10.6 Å². The zero-order valence-electron chi connectivity index (χ0n) is 23.9. The summed E-state index contributed by atoms with van der Waals surface area (Å²) in [6.45, 7) is 3.61. The Hall–Kier alpha value is -2.10. The van der Waals surface area contributed by atoms with E-state index >= 15 is 0 Å². The summed E-state index contributed by atoms with van der Waals surface area (Å²) in [4.78, 5) is 14.0. The van der Waals surface area contributed by atoms with Gasteiger partial charge in [-0.3, -0.25) is 9.98 Å². The Kier molecular flexibility index (Phi) is 10.4. The molecule has 0 bridgehead atoms. The van der Waals surface area contributed by atoms with Crippen LogP contribution in [0.5, 0.6) is 0 Å². The molecule has 2 aromatic heterocycles. The fraction of sp³-hybridized carbons (Fsp3) is 0.645. The largest absolute Gasteiger partial charge is 0.383 e. The number of aliphatic imine (C=N–C) groups is 1. The van der Waals surface area contributed by atoms with Gasteiger partial charge in [-0.2, -0.15) is 0 Å². The number of halogens is 1. The Morgan fingerprint density at radius 3 is 2.80 bits per heavy atom. The maximum absolute atomic E-state index is 6.60. The number of aryl methyl sites for hydroxylation is 1. The van der Waals surface area contributed by atoms with E-state index < -0.39 is 0 Å². The molecular weight excluding hydrogens is 526 g/mol. The van der Waals surface area contributed by atoms with E-state index in [0.717, 1.165) is 74.1 Å². The van der Waals surface area contributed by atoms with Gasteiger partial charge in [-0.1, -0.05) is 17.7 Å². The first-order chi connectivity index (χ1) is 19.6. The summed E-state index contributed by atoms with van der Waals surface area (Å²) < 4.78 is 16.5. The van der Waals surface area contributed by atoms with E-state index in [1.807, 2.05) is 18.2 Å². The molecule has 3 fully saturated rings. The van der Waals surface area contributed by atoms with Crippen LogP contribution in [0.2, 0.25) is 5.02 Å². The van der Waals surface area contributed by atoms with Crippen molar-refractivity contribution in [3.63, 3.8) is 0 Å². The molecule has 218 valence electrons. The van der Waals surface area contributed by atoms with E-state index in [0.29, 0.717) is 36.2 Å². The van der Waals surface area contributed by atoms with Crippen molar-refractivity contribution in [1.82, 2.24) is 15.3 Å². The van der Waals surface area contributed by atoms with Gasteiger partial charge in [-0.15, -0.1) is 0 Å². The van der Waals surface area contributed by atoms with Gasteiger partial charge in [-0.25, -0.2) is 4.98 Å². The lowest BCUT2D eigenvalue weighted by molar-refractivity contribution is -0.0807. The van der Waals surface area contributed by atoms with Crippen LogP contribution in [0, 0.1) is 11.8 Å². The van der Waals surface area contributed by atoms with Crippen molar-refractivity contribution in [2.24, 2.45) is 16.8 Å². The van der Waals surface area contributed by atoms with E-state index in [4.69, 9.17) is 30.8 Å². The van der Waals surface area contributed by atoms with E-state index in [9.17, 15) is 0 Å². The second-order valence-corrected chi connectivity index (χ2v) is 11.9. The Morgan fingerprint density at radius 2 is 2.02 bits per heavy atom. The summed E-state index contributed by atoms with van der Waals surface area (Å²) in [5.74, 6) is 2.23. The molecule has 4 heterocycles. The molecule has 0 radical (unpaired) electrons. The molecule has 1 saturated carbocycles. The Bertz CT molecular complexity index is 1120. The van der Waals surface area contributed by atoms with Crippen molar-refractivity contribution in [2.45, 2.75) is 69.1 Å². The molecule has 2 N–H and O–H groups in total. The standard InChI is InChI=1S/C31H44ClN5O3/c1-38-17-14-33-19-22-6-8-23(9-7-22)30-28(37-30)11-10-24-18-25(26(32)20-34-24)27-4-3-5-29(36-27)35-21-31(39-2)12-15-40-16-13-31/h3-5,18-20,22-23,28,30,37H,6-17,21H2,1-2H3,(H,35,36). The van der Waals surface area contributed by atoms with Crippen LogP contribution >= 0.6 is 11.6 Å². The van der Waals surface area contributed by atoms with Gasteiger partial charge < -0.3 is 24.8 Å². The lowest BCUT2D eigenvalue weighted by atomic mass is 9.80. The predicted octanol–water partition coefficient (Wildman–Crippen LogP) is 5.20. The molecule has 3 aliphatic rings. The number of hydrogen-bond donors (Lipinski definition) is 2. The van der Waals surface area contributed by atoms with Crippen LogP contribution in [0.3, 0.4) is 0 Å². The van der Waals surface area contributed by atoms with Gasteiger partial charge in [-0.05, 0) is 68.6 Å². The van der Waals surface area contributed by atoms with Gasteiger partial charge in [0.1, 0.15) is 5.82 Å². The monoisotopic (exact) mass is 569 g/mol. The highest BCUT2D eigenvalue weighted by molar-refractivity contribution is 6.33. The van der Waals surface area contributed by atoms with Crippen LogP contribution in [0.1, 0.15) is 50.6 Å². The molecule has 2 atom stereocenters. The molecule has 40 heavy (non-hydrogen) atoms. The number of rotatable bonds is 13. The molecule has 8 nitrogen and oxygen atoms in total. The molecule has 0 spiro atoms. The molecule has 0 aromatic carbocycles. The number of nitrogens with zero attached hydrogens (tertiary/aromatic N) is 3. The highest BCUT2D eigenvalue weighted by Gasteiger charge is 2.42. The number of nitrogens with one attached hydrogen (secondary N) is 2. The minimum atomic E-state index is -0.218. The number of aromatic nitrogens is 2. The minimum absolute atomic E-state index is 0.218. The Morgan fingerprint density at radius 1 is 1.20 bits per heavy atom. The molecule has 0 amide bonds. The van der Waals surface area contributed by atoms with Crippen molar-refractivity contribution < 1.29 is 14.2 Å². The van der Waals surface area contributed by atoms with Gasteiger partial charge in [0.25, 0.3) is 0 Å². The number of hydrogen-bond acceptors (Lipinski definition) is 8. The molecule has 9 heteroatoms. The predicted molar refractivity (Wildman–Crippen MR) is 160 cm³/mol. The fourth-order valence-corrected chi connectivity index (χ4v) is 6.39. The normalized spacial score (nSPS) is 26.2. The average Bonchev–Trinajstić information content (AvgIpc) is 3.78. The molecular formula is C31H44ClN5O3. The molecule has 2 aliphatic heterocycles. The topological polar surface area (TPSA) is 99.8 Å². The maximum Gasteiger partial charge on any atom is 0.126 e. The number of ether oxygens (including phenoxy) is 3. The first kappa shape index (κ1) is 29.4. The third-order valence-corrected chi connectivity index (χ3v) is 9.17. The van der Waals surface area contributed by atoms with Crippen LogP contribution in [-0.2, 0) is 20.6 Å². The molecule has 5 rings (SSSR count). The number of methoxy groups -OCH3 is 2. The van der Waals surface area contributed by atoms with Crippen LogP contribution in [0.4, 0.5) is 5.82 Å². The summed E-state index contributed by atoms with van der Waals surface area (Å²) in [6.07, 6.45) is 12.8. The zero-order valence-corrected chi connectivity index (χ0v) is 24.7. The van der Waals surface area contributed by atoms with E-state index in [1.165, 1.54) is 25.7 Å². The lowest BCUT2D eigenvalue weighted by Gasteiger charge is -2.36. The molecule has 1 aliphatic carbocycles. The van der Waals surface area contributed by atoms with Gasteiger partial charge in [0, 0.05) is 82.6 Å². The smallest absolute Gasteiger partial charge is 0.126 e. The van der Waals surface area contributed by atoms with Crippen molar-refractivity contribution in [3.8, 4) is 11.3 Å². The van der Waals surface area contributed by atoms with Gasteiger partial charge in [0.2, 0.25) is 0 Å². The van der Waals surface area contributed by atoms with Crippen molar-refractivity contribution in [2.75, 3.05) is 52.4 Å². The number of pyridine rings is 2. The van der Waals surface area contributed by atoms with Crippen LogP contribution in [0.15, 0.2) is 35.5 Å². The first-order valence-corrected chi connectivity index (χ1v) is 15.2. The molecule has 2 unspecified atom stereocenters. The first-order valence-electron chi connectivity index (χ1n) is 14.8. The highest BCUT2D eigenvalue weighted by atomic mass is 35.5. The van der Waals surface area contributed by atoms with Crippen LogP contribution in [-0.4, -0.2) is 81.0 Å². The lowest BCUT2D eigenvalue weighted by Crippen LogP contribution is -2.44. The molecule has 2 saturated heterocycles. The van der Waals surface area contributed by atoms with Gasteiger partial charge in [0.15, 0.2) is 0 Å². The Labute approximate surface area is 243 Å². The minimum Gasteiger partial charge on any atom is -0.383 e. The maximum atomic E-state index is 6.60. The van der Waals surface area contributed by atoms with E-state index in [2.05, 4.69) is 32.9 Å². The quantitative estimate of drug-likeness (QED) is 0.194. The van der Waals surface area contributed by atoms with E-state index in [1.54, 1.807) is 20.4 Å². The van der Waals surface area contributed by atoms with Gasteiger partial charge in [0.05, 0.1) is 29.5 Å². The summed E-state index contributed by atoms with van der Waals surface area (Å²) in [5.41, 5.74) is 2.61.